The van der Waals surface area contributed by atoms with Crippen LogP contribution >= 0.6 is 0 Å². The minimum absolute atomic E-state index is 0.0973. The summed E-state index contributed by atoms with van der Waals surface area (Å²) in [7, 11) is 0. The second-order valence-electron chi connectivity index (χ2n) is 5.11. The molecular weight excluding hydrogens is 268 g/mol. The normalized spacial score (nSPS) is 15.9. The van der Waals surface area contributed by atoms with Crippen LogP contribution in [0.4, 0.5) is 8.78 Å². The third kappa shape index (κ3) is 3.98. The first kappa shape index (κ1) is 16.5. The fourth-order valence-electron chi connectivity index (χ4n) is 1.91. The number of hydrogen-bond acceptors (Lipinski definition) is 3. The monoisotopic (exact) mass is 287 g/mol. The number of carboxylic acids is 1. The Kier molecular flexibility index (Phi) is 5.59. The van der Waals surface area contributed by atoms with Crippen molar-refractivity contribution in [3.63, 3.8) is 0 Å². The lowest BCUT2D eigenvalue weighted by Gasteiger charge is -2.29. The van der Waals surface area contributed by atoms with E-state index < -0.39 is 35.8 Å². The number of hydrogen-bond donors (Lipinski definition) is 3. The van der Waals surface area contributed by atoms with Crippen molar-refractivity contribution >= 4 is 5.97 Å². The van der Waals surface area contributed by atoms with Gasteiger partial charge in [-0.1, -0.05) is 19.9 Å². The van der Waals surface area contributed by atoms with Crippen LogP contribution in [0.15, 0.2) is 18.2 Å². The molecule has 0 heterocycles. The lowest BCUT2D eigenvalue weighted by atomic mass is 9.92. The minimum atomic E-state index is -1.13. The first-order valence-corrected chi connectivity index (χ1v) is 6.36. The zero-order valence-corrected chi connectivity index (χ0v) is 11.6. The average Bonchev–Trinajstić information content (AvgIpc) is 2.37. The molecule has 20 heavy (non-hydrogen) atoms. The second kappa shape index (κ2) is 6.76. The molecule has 6 heteroatoms. The summed E-state index contributed by atoms with van der Waals surface area (Å²) in [4.78, 5) is 10.9. The first-order chi connectivity index (χ1) is 9.23. The lowest BCUT2D eigenvalue weighted by Crippen LogP contribution is -2.47. The largest absolute Gasteiger partial charge is 0.480 e. The Morgan fingerprint density at radius 1 is 1.20 bits per heavy atom. The number of benzene rings is 1. The highest BCUT2D eigenvalue weighted by molar-refractivity contribution is 5.72. The van der Waals surface area contributed by atoms with Crippen molar-refractivity contribution in [2.24, 2.45) is 5.92 Å². The molecule has 0 aromatic heterocycles. The topological polar surface area (TPSA) is 69.6 Å². The molecule has 112 valence electrons. The van der Waals surface area contributed by atoms with Gasteiger partial charge in [0.05, 0.1) is 6.10 Å². The van der Waals surface area contributed by atoms with Gasteiger partial charge in [-0.05, 0) is 30.5 Å². The Balaban J connectivity index is 2.96. The molecule has 3 atom stereocenters. The highest BCUT2D eigenvalue weighted by Crippen LogP contribution is 2.24. The molecule has 0 fully saturated rings. The highest BCUT2D eigenvalue weighted by Gasteiger charge is 2.27. The molecule has 0 spiro atoms. The summed E-state index contributed by atoms with van der Waals surface area (Å²) in [5, 5.41) is 21.9. The van der Waals surface area contributed by atoms with Crippen LogP contribution in [0.3, 0.4) is 0 Å². The Bertz CT molecular complexity index is 479. The van der Waals surface area contributed by atoms with Crippen LogP contribution in [0.5, 0.6) is 0 Å². The zero-order chi connectivity index (χ0) is 15.4. The quantitative estimate of drug-likeness (QED) is 0.749. The molecule has 1 aromatic rings. The molecule has 1 aromatic carbocycles. The molecule has 0 aliphatic heterocycles. The van der Waals surface area contributed by atoms with Gasteiger partial charge in [-0.15, -0.1) is 0 Å². The predicted octanol–water partition coefficient (Wildman–Crippen LogP) is 2.09. The van der Waals surface area contributed by atoms with Gasteiger partial charge in [-0.25, -0.2) is 8.78 Å². The number of carbonyl (C=O) groups is 1. The summed E-state index contributed by atoms with van der Waals surface area (Å²) >= 11 is 0. The lowest BCUT2D eigenvalue weighted by molar-refractivity contribution is -0.139. The molecule has 0 aliphatic carbocycles. The van der Waals surface area contributed by atoms with Gasteiger partial charge in [-0.3, -0.25) is 10.1 Å². The zero-order valence-electron chi connectivity index (χ0n) is 11.6. The van der Waals surface area contributed by atoms with Gasteiger partial charge < -0.3 is 10.2 Å². The molecule has 4 nitrogen and oxygen atoms in total. The number of aliphatic hydroxyl groups excluding tert-OH is 1. The first-order valence-electron chi connectivity index (χ1n) is 6.36. The summed E-state index contributed by atoms with van der Waals surface area (Å²) in [6.07, 6.45) is -1.13. The maximum absolute atomic E-state index is 13.2. The van der Waals surface area contributed by atoms with Gasteiger partial charge in [-0.2, -0.15) is 0 Å². The van der Waals surface area contributed by atoms with Crippen molar-refractivity contribution in [2.75, 3.05) is 0 Å². The van der Waals surface area contributed by atoms with Crippen LogP contribution in [0.25, 0.3) is 0 Å². The van der Waals surface area contributed by atoms with Crippen molar-refractivity contribution in [3.8, 4) is 0 Å². The number of aliphatic carboxylic acids is 1. The van der Waals surface area contributed by atoms with E-state index >= 15 is 0 Å². The second-order valence-corrected chi connectivity index (χ2v) is 5.11. The molecule has 3 unspecified atom stereocenters. The van der Waals surface area contributed by atoms with Crippen molar-refractivity contribution in [1.82, 2.24) is 5.32 Å². The molecule has 1 rings (SSSR count). The standard InChI is InChI=1S/C14H19F2NO3/c1-7(2)12(17-8(3)14(19)20)13(18)9-4-5-10(15)11(16)6-9/h4-8,12-13,17-18H,1-3H3,(H,19,20). The van der Waals surface area contributed by atoms with Gasteiger partial charge in [0.2, 0.25) is 0 Å². The SMILES string of the molecule is CC(NC(C(C)C)C(O)c1ccc(F)c(F)c1)C(=O)O. The van der Waals surface area contributed by atoms with E-state index in [1.54, 1.807) is 13.8 Å². The summed E-state index contributed by atoms with van der Waals surface area (Å²) in [6.45, 7) is 5.06. The molecule has 0 bridgehead atoms. The van der Waals surface area contributed by atoms with Crippen LogP contribution in [0, 0.1) is 17.6 Å². The van der Waals surface area contributed by atoms with Gasteiger partial charge in [0.15, 0.2) is 11.6 Å². The van der Waals surface area contributed by atoms with Gasteiger partial charge in [0.25, 0.3) is 0 Å². The van der Waals surface area contributed by atoms with Crippen molar-refractivity contribution < 1.29 is 23.8 Å². The summed E-state index contributed by atoms with van der Waals surface area (Å²) in [5.74, 6) is -3.18. The molecule has 0 aliphatic rings. The fraction of sp³-hybridized carbons (Fsp3) is 0.500. The van der Waals surface area contributed by atoms with Crippen molar-refractivity contribution in [2.45, 2.75) is 39.0 Å². The number of aliphatic hydroxyl groups is 1. The average molecular weight is 287 g/mol. The Morgan fingerprint density at radius 2 is 1.80 bits per heavy atom. The van der Waals surface area contributed by atoms with Crippen LogP contribution in [0.1, 0.15) is 32.4 Å². The van der Waals surface area contributed by atoms with E-state index in [-0.39, 0.29) is 11.5 Å². The van der Waals surface area contributed by atoms with E-state index in [2.05, 4.69) is 5.32 Å². The Morgan fingerprint density at radius 3 is 2.25 bits per heavy atom. The molecule has 0 amide bonds. The maximum Gasteiger partial charge on any atom is 0.320 e. The number of rotatable bonds is 6. The minimum Gasteiger partial charge on any atom is -0.480 e. The summed E-state index contributed by atoms with van der Waals surface area (Å²) in [6, 6.07) is 1.69. The molecule has 3 N–H and O–H groups in total. The fourth-order valence-corrected chi connectivity index (χ4v) is 1.91. The molecule has 0 saturated carbocycles. The highest BCUT2D eigenvalue weighted by atomic mass is 19.2. The maximum atomic E-state index is 13.2. The van der Waals surface area contributed by atoms with Gasteiger partial charge in [0.1, 0.15) is 6.04 Å². The van der Waals surface area contributed by atoms with Crippen LogP contribution in [0.2, 0.25) is 0 Å². The molecule has 0 radical (unpaired) electrons. The van der Waals surface area contributed by atoms with E-state index in [1.807, 2.05) is 0 Å². The van der Waals surface area contributed by atoms with Gasteiger partial charge in [0, 0.05) is 6.04 Å². The Hall–Kier alpha value is -1.53. The van der Waals surface area contributed by atoms with E-state index in [4.69, 9.17) is 5.11 Å². The summed E-state index contributed by atoms with van der Waals surface area (Å²) < 4.78 is 26.1. The van der Waals surface area contributed by atoms with E-state index in [0.29, 0.717) is 0 Å². The summed E-state index contributed by atoms with van der Waals surface area (Å²) in [5.41, 5.74) is 0.202. The predicted molar refractivity (Wildman–Crippen MR) is 70.2 cm³/mol. The van der Waals surface area contributed by atoms with Crippen LogP contribution < -0.4 is 5.32 Å². The third-order valence-electron chi connectivity index (χ3n) is 3.16. The third-order valence-corrected chi connectivity index (χ3v) is 3.16. The van der Waals surface area contributed by atoms with Crippen LogP contribution in [-0.4, -0.2) is 28.3 Å². The van der Waals surface area contributed by atoms with E-state index in [9.17, 15) is 18.7 Å². The van der Waals surface area contributed by atoms with Crippen molar-refractivity contribution in [3.05, 3.63) is 35.4 Å². The number of halogens is 2. The number of carboxylic acid groups (broad SMARTS) is 1. The smallest absolute Gasteiger partial charge is 0.320 e. The molecule has 0 saturated heterocycles. The van der Waals surface area contributed by atoms with E-state index in [1.165, 1.54) is 13.0 Å². The Labute approximate surface area is 116 Å². The molecular formula is C14H19F2NO3. The van der Waals surface area contributed by atoms with E-state index in [0.717, 1.165) is 12.1 Å². The van der Waals surface area contributed by atoms with Crippen LogP contribution in [-0.2, 0) is 4.79 Å². The van der Waals surface area contributed by atoms with Gasteiger partial charge >= 0.3 is 5.97 Å². The van der Waals surface area contributed by atoms with Crippen molar-refractivity contribution in [1.29, 1.82) is 0 Å². The number of nitrogens with one attached hydrogen (secondary N) is 1.